The van der Waals surface area contributed by atoms with Crippen LogP contribution in [-0.4, -0.2) is 29.6 Å². The van der Waals surface area contributed by atoms with Gasteiger partial charge in [0.15, 0.2) is 0 Å². The van der Waals surface area contributed by atoms with Gasteiger partial charge in [-0.2, -0.15) is 0 Å². The number of nitrogens with zero attached hydrogens (tertiary/aromatic N) is 1. The lowest BCUT2D eigenvalue weighted by atomic mass is 9.85. The molecule has 4 heteroatoms. The highest BCUT2D eigenvalue weighted by Crippen LogP contribution is 2.40. The van der Waals surface area contributed by atoms with Gasteiger partial charge in [0.05, 0.1) is 5.41 Å². The smallest absolute Gasteiger partial charge is 0.310 e. The maximum atomic E-state index is 11.5. The van der Waals surface area contributed by atoms with Crippen molar-refractivity contribution in [1.82, 2.24) is 4.90 Å². The number of aliphatic carboxylic acids is 1. The molecule has 0 bridgehead atoms. The van der Waals surface area contributed by atoms with E-state index in [1.807, 2.05) is 13.1 Å². The number of carbonyl (C=O) groups is 1. The van der Waals surface area contributed by atoms with Crippen molar-refractivity contribution in [3.05, 3.63) is 22.4 Å². The van der Waals surface area contributed by atoms with Crippen LogP contribution in [0.1, 0.15) is 43.5 Å². The summed E-state index contributed by atoms with van der Waals surface area (Å²) in [6.07, 6.45) is 3.74. The van der Waals surface area contributed by atoms with E-state index in [-0.39, 0.29) is 0 Å². The summed E-state index contributed by atoms with van der Waals surface area (Å²) in [5, 5.41) is 11.6. The van der Waals surface area contributed by atoms with E-state index in [4.69, 9.17) is 0 Å². The Bertz CT molecular complexity index is 396. The Balaban J connectivity index is 2.05. The molecular formula is C14H21NO2S. The molecule has 3 nitrogen and oxygen atoms in total. The first-order valence-corrected chi connectivity index (χ1v) is 7.40. The van der Waals surface area contributed by atoms with Crippen molar-refractivity contribution < 1.29 is 9.90 Å². The molecule has 1 aromatic rings. The fourth-order valence-corrected chi connectivity index (χ4v) is 3.70. The Morgan fingerprint density at radius 2 is 2.22 bits per heavy atom. The molecule has 1 aliphatic carbocycles. The lowest BCUT2D eigenvalue weighted by Gasteiger charge is -2.33. The molecule has 0 aliphatic heterocycles. The number of thiophene rings is 1. The van der Waals surface area contributed by atoms with Crippen LogP contribution in [0.4, 0.5) is 0 Å². The highest BCUT2D eigenvalue weighted by molar-refractivity contribution is 7.10. The molecule has 2 rings (SSSR count). The van der Waals surface area contributed by atoms with E-state index in [2.05, 4.69) is 23.3 Å². The van der Waals surface area contributed by atoms with Crippen molar-refractivity contribution in [2.75, 3.05) is 13.6 Å². The zero-order valence-corrected chi connectivity index (χ0v) is 11.9. The Labute approximate surface area is 112 Å². The summed E-state index contributed by atoms with van der Waals surface area (Å²) in [4.78, 5) is 15.0. The van der Waals surface area contributed by atoms with Gasteiger partial charge in [0.25, 0.3) is 0 Å². The lowest BCUT2D eigenvalue weighted by molar-refractivity contribution is -0.150. The highest BCUT2D eigenvalue weighted by atomic mass is 32.1. The van der Waals surface area contributed by atoms with Gasteiger partial charge in [-0.15, -0.1) is 11.3 Å². The molecule has 1 unspecified atom stereocenters. The van der Waals surface area contributed by atoms with Gasteiger partial charge >= 0.3 is 5.97 Å². The molecule has 18 heavy (non-hydrogen) atoms. The molecule has 0 amide bonds. The van der Waals surface area contributed by atoms with Crippen LogP contribution in [0.15, 0.2) is 17.5 Å². The minimum Gasteiger partial charge on any atom is -0.481 e. The highest BCUT2D eigenvalue weighted by Gasteiger charge is 2.42. The second-order valence-corrected chi connectivity index (χ2v) is 6.38. The van der Waals surface area contributed by atoms with Gasteiger partial charge in [-0.3, -0.25) is 9.69 Å². The maximum absolute atomic E-state index is 11.5. The van der Waals surface area contributed by atoms with Crippen molar-refractivity contribution in [1.29, 1.82) is 0 Å². The summed E-state index contributed by atoms with van der Waals surface area (Å²) in [5.74, 6) is -0.620. The first-order valence-electron chi connectivity index (χ1n) is 6.52. The van der Waals surface area contributed by atoms with Crippen LogP contribution in [-0.2, 0) is 4.79 Å². The molecule has 1 N–H and O–H groups in total. The van der Waals surface area contributed by atoms with Crippen molar-refractivity contribution in [2.45, 2.75) is 38.6 Å². The number of hydrogen-bond acceptors (Lipinski definition) is 3. The van der Waals surface area contributed by atoms with Crippen molar-refractivity contribution in [2.24, 2.45) is 5.41 Å². The molecular weight excluding hydrogens is 246 g/mol. The minimum absolute atomic E-state index is 0.293. The fourth-order valence-electron chi connectivity index (χ4n) is 2.85. The summed E-state index contributed by atoms with van der Waals surface area (Å²) >= 11 is 1.74. The molecule has 0 radical (unpaired) electrons. The fraction of sp³-hybridized carbons (Fsp3) is 0.643. The second-order valence-electron chi connectivity index (χ2n) is 5.40. The SMILES string of the molecule is CC(c1cccs1)N(C)CC1(C(=O)O)CCCC1. The summed E-state index contributed by atoms with van der Waals surface area (Å²) in [7, 11) is 2.04. The third-order valence-corrected chi connectivity index (χ3v) is 5.23. The standard InChI is InChI=1S/C14H21NO2S/c1-11(12-6-5-9-18-12)15(2)10-14(13(16)17)7-3-4-8-14/h5-6,9,11H,3-4,7-8,10H2,1-2H3,(H,16,17). The predicted molar refractivity (Wildman–Crippen MR) is 73.9 cm³/mol. The predicted octanol–water partition coefficient (Wildman–Crippen LogP) is 3.39. The van der Waals surface area contributed by atoms with E-state index >= 15 is 0 Å². The molecule has 100 valence electrons. The van der Waals surface area contributed by atoms with E-state index < -0.39 is 11.4 Å². The monoisotopic (exact) mass is 267 g/mol. The van der Waals surface area contributed by atoms with Gasteiger partial charge in [-0.25, -0.2) is 0 Å². The first kappa shape index (κ1) is 13.6. The molecule has 1 atom stereocenters. The zero-order chi connectivity index (χ0) is 13.2. The van der Waals surface area contributed by atoms with E-state index in [0.717, 1.165) is 25.7 Å². The summed E-state index contributed by atoms with van der Waals surface area (Å²) < 4.78 is 0. The van der Waals surface area contributed by atoms with Gasteiger partial charge in [-0.1, -0.05) is 18.9 Å². The molecule has 0 saturated heterocycles. The number of rotatable bonds is 5. The largest absolute Gasteiger partial charge is 0.481 e. The zero-order valence-electron chi connectivity index (χ0n) is 11.1. The molecule has 0 spiro atoms. The Morgan fingerprint density at radius 3 is 2.72 bits per heavy atom. The van der Waals surface area contributed by atoms with E-state index in [1.54, 1.807) is 11.3 Å². The molecule has 1 saturated carbocycles. The number of carboxylic acids is 1. The Hall–Kier alpha value is -0.870. The summed E-state index contributed by atoms with van der Waals surface area (Å²) in [6, 6.07) is 4.46. The first-order chi connectivity index (χ1) is 8.55. The Kier molecular flexibility index (Phi) is 4.07. The van der Waals surface area contributed by atoms with Crippen LogP contribution in [0.2, 0.25) is 0 Å². The van der Waals surface area contributed by atoms with Crippen LogP contribution in [0.25, 0.3) is 0 Å². The van der Waals surface area contributed by atoms with Crippen LogP contribution in [0, 0.1) is 5.41 Å². The van der Waals surface area contributed by atoms with Crippen molar-refractivity contribution in [3.8, 4) is 0 Å². The van der Waals surface area contributed by atoms with Gasteiger partial charge in [0, 0.05) is 17.5 Å². The normalized spacial score (nSPS) is 20.2. The van der Waals surface area contributed by atoms with E-state index in [9.17, 15) is 9.90 Å². The van der Waals surface area contributed by atoms with Gasteiger partial charge in [0.2, 0.25) is 0 Å². The van der Waals surface area contributed by atoms with Crippen LogP contribution in [0.3, 0.4) is 0 Å². The number of carboxylic acid groups (broad SMARTS) is 1. The topological polar surface area (TPSA) is 40.5 Å². The van der Waals surface area contributed by atoms with Crippen molar-refractivity contribution in [3.63, 3.8) is 0 Å². The van der Waals surface area contributed by atoms with Crippen LogP contribution >= 0.6 is 11.3 Å². The van der Waals surface area contributed by atoms with E-state index in [1.165, 1.54) is 4.88 Å². The lowest BCUT2D eigenvalue weighted by Crippen LogP contribution is -2.40. The summed E-state index contributed by atoms with van der Waals surface area (Å²) in [5.41, 5.74) is -0.514. The van der Waals surface area contributed by atoms with Gasteiger partial charge in [0.1, 0.15) is 0 Å². The molecule has 1 aliphatic rings. The number of hydrogen-bond donors (Lipinski definition) is 1. The average molecular weight is 267 g/mol. The summed E-state index contributed by atoms with van der Waals surface area (Å²) in [6.45, 7) is 2.80. The Morgan fingerprint density at radius 1 is 1.56 bits per heavy atom. The van der Waals surface area contributed by atoms with E-state index in [0.29, 0.717) is 12.6 Å². The van der Waals surface area contributed by atoms with Gasteiger partial charge < -0.3 is 5.11 Å². The van der Waals surface area contributed by atoms with Crippen LogP contribution < -0.4 is 0 Å². The van der Waals surface area contributed by atoms with Gasteiger partial charge in [-0.05, 0) is 38.3 Å². The maximum Gasteiger partial charge on any atom is 0.310 e. The van der Waals surface area contributed by atoms with Crippen molar-refractivity contribution >= 4 is 17.3 Å². The average Bonchev–Trinajstić information content (AvgIpc) is 2.99. The quantitative estimate of drug-likeness (QED) is 0.889. The molecule has 0 aromatic carbocycles. The molecule has 1 aromatic heterocycles. The second kappa shape index (κ2) is 5.41. The minimum atomic E-state index is -0.620. The molecule has 1 fully saturated rings. The third-order valence-electron chi connectivity index (χ3n) is 4.18. The molecule has 1 heterocycles. The third kappa shape index (κ3) is 2.59. The van der Waals surface area contributed by atoms with Crippen LogP contribution in [0.5, 0.6) is 0 Å².